The van der Waals surface area contributed by atoms with Gasteiger partial charge in [0.05, 0.1) is 12.3 Å². The SMILES string of the molecule is CCNC(=NCCS(N)(=O)=O)NC1CCN(S(=O)(=O)C(F)(F)F)CC1.I. The van der Waals surface area contributed by atoms with Gasteiger partial charge in [-0.25, -0.2) is 22.0 Å². The Labute approximate surface area is 168 Å². The zero-order valence-electron chi connectivity index (χ0n) is 14.0. The fourth-order valence-electron chi connectivity index (χ4n) is 2.18. The normalized spacial score (nSPS) is 18.3. The number of sulfonamides is 2. The number of guanidine groups is 1. The summed E-state index contributed by atoms with van der Waals surface area (Å²) in [5.74, 6) is -0.0467. The van der Waals surface area contributed by atoms with Crippen LogP contribution in [0.15, 0.2) is 4.99 Å². The molecule has 9 nitrogen and oxygen atoms in total. The quantitative estimate of drug-likeness (QED) is 0.244. The highest BCUT2D eigenvalue weighted by molar-refractivity contribution is 14.0. The largest absolute Gasteiger partial charge is 0.511 e. The summed E-state index contributed by atoms with van der Waals surface area (Å²) >= 11 is 0. The van der Waals surface area contributed by atoms with Gasteiger partial charge in [-0.05, 0) is 19.8 Å². The average molecular weight is 537 g/mol. The monoisotopic (exact) mass is 537 g/mol. The van der Waals surface area contributed by atoms with Crippen molar-refractivity contribution < 1.29 is 30.0 Å². The standard InChI is InChI=1S/C11H22F3N5O4S2.HI/c1-2-16-10(17-5-8-24(15,20)21)18-9-3-6-19(7-4-9)25(22,23)11(12,13)14;/h9H,2-8H2,1H3,(H2,15,20,21)(H2,16,17,18);1H. The van der Waals surface area contributed by atoms with Crippen molar-refractivity contribution in [1.82, 2.24) is 14.9 Å². The molecule has 0 aromatic heterocycles. The Morgan fingerprint density at radius 3 is 2.19 bits per heavy atom. The van der Waals surface area contributed by atoms with E-state index in [-0.39, 0.29) is 68.2 Å². The van der Waals surface area contributed by atoms with E-state index in [4.69, 9.17) is 5.14 Å². The van der Waals surface area contributed by atoms with Crippen LogP contribution in [0.3, 0.4) is 0 Å². The summed E-state index contributed by atoms with van der Waals surface area (Å²) in [7, 11) is -8.96. The van der Waals surface area contributed by atoms with Gasteiger partial charge < -0.3 is 10.6 Å². The minimum absolute atomic E-state index is 0. The van der Waals surface area contributed by atoms with Crippen LogP contribution in [0, 0.1) is 0 Å². The summed E-state index contributed by atoms with van der Waals surface area (Å²) in [5, 5.41) is 10.7. The average Bonchev–Trinajstić information content (AvgIpc) is 2.45. The molecule has 0 unspecified atom stereocenters. The van der Waals surface area contributed by atoms with Crippen molar-refractivity contribution in [2.24, 2.45) is 10.1 Å². The van der Waals surface area contributed by atoms with Gasteiger partial charge in [-0.15, -0.1) is 24.0 Å². The van der Waals surface area contributed by atoms with Gasteiger partial charge in [0.2, 0.25) is 10.0 Å². The summed E-state index contributed by atoms with van der Waals surface area (Å²) in [5.41, 5.74) is -5.31. The number of primary sulfonamides is 1. The number of piperidine rings is 1. The van der Waals surface area contributed by atoms with Crippen LogP contribution in [0.5, 0.6) is 0 Å². The Hall–Kier alpha value is -0.390. The Morgan fingerprint density at radius 1 is 1.23 bits per heavy atom. The molecule has 0 saturated carbocycles. The van der Waals surface area contributed by atoms with Crippen LogP contribution in [0.2, 0.25) is 0 Å². The molecule has 1 saturated heterocycles. The second-order valence-corrected chi connectivity index (χ2v) is 9.06. The lowest BCUT2D eigenvalue weighted by molar-refractivity contribution is -0.0494. The Kier molecular flexibility index (Phi) is 10.1. The number of nitrogens with one attached hydrogen (secondary N) is 2. The van der Waals surface area contributed by atoms with Crippen molar-refractivity contribution in [1.29, 1.82) is 0 Å². The number of hydrogen-bond acceptors (Lipinski definition) is 5. The van der Waals surface area contributed by atoms with Crippen LogP contribution in [-0.2, 0) is 20.0 Å². The molecular weight excluding hydrogens is 514 g/mol. The molecule has 0 amide bonds. The van der Waals surface area contributed by atoms with Crippen LogP contribution in [0.1, 0.15) is 19.8 Å². The van der Waals surface area contributed by atoms with E-state index in [9.17, 15) is 30.0 Å². The molecule has 1 fully saturated rings. The highest BCUT2D eigenvalue weighted by Gasteiger charge is 2.50. The van der Waals surface area contributed by atoms with Gasteiger partial charge in [0.15, 0.2) is 5.96 Å². The molecule has 1 aliphatic rings. The van der Waals surface area contributed by atoms with E-state index in [1.165, 1.54) is 0 Å². The molecule has 1 aliphatic heterocycles. The number of nitrogens with zero attached hydrogens (tertiary/aromatic N) is 2. The summed E-state index contributed by atoms with van der Waals surface area (Å²) in [6.45, 7) is 1.67. The molecule has 4 N–H and O–H groups in total. The van der Waals surface area contributed by atoms with Crippen molar-refractivity contribution >= 4 is 50.0 Å². The first kappa shape index (κ1) is 25.6. The van der Waals surface area contributed by atoms with Crippen molar-refractivity contribution in [3.05, 3.63) is 0 Å². The predicted molar refractivity (Wildman–Crippen MR) is 102 cm³/mol. The molecule has 1 heterocycles. The number of halogens is 4. The van der Waals surface area contributed by atoms with Crippen molar-refractivity contribution in [3.63, 3.8) is 0 Å². The lowest BCUT2D eigenvalue weighted by Crippen LogP contribution is -2.51. The van der Waals surface area contributed by atoms with E-state index in [2.05, 4.69) is 15.6 Å². The molecule has 0 radical (unpaired) electrons. The molecule has 1 rings (SSSR count). The van der Waals surface area contributed by atoms with Gasteiger partial charge in [-0.1, -0.05) is 0 Å². The molecule has 0 aromatic carbocycles. The van der Waals surface area contributed by atoms with Crippen molar-refractivity contribution in [3.8, 4) is 0 Å². The van der Waals surface area contributed by atoms with Gasteiger partial charge >= 0.3 is 15.5 Å². The first-order valence-electron chi connectivity index (χ1n) is 7.48. The number of rotatable bonds is 6. The topological polar surface area (TPSA) is 134 Å². The molecule has 156 valence electrons. The zero-order chi connectivity index (χ0) is 19.3. The van der Waals surface area contributed by atoms with Crippen LogP contribution in [0.4, 0.5) is 13.2 Å². The number of hydrogen-bond donors (Lipinski definition) is 3. The van der Waals surface area contributed by atoms with E-state index in [0.29, 0.717) is 16.8 Å². The third-order valence-corrected chi connectivity index (χ3v) is 5.80. The van der Waals surface area contributed by atoms with Crippen LogP contribution in [0.25, 0.3) is 0 Å². The van der Waals surface area contributed by atoms with Crippen LogP contribution < -0.4 is 15.8 Å². The van der Waals surface area contributed by atoms with E-state index >= 15 is 0 Å². The third-order valence-electron chi connectivity index (χ3n) is 3.42. The second kappa shape index (κ2) is 10.2. The number of aliphatic imine (C=N–C) groups is 1. The van der Waals surface area contributed by atoms with E-state index < -0.39 is 25.6 Å². The van der Waals surface area contributed by atoms with Crippen LogP contribution >= 0.6 is 24.0 Å². The molecule has 26 heavy (non-hydrogen) atoms. The Morgan fingerprint density at radius 2 is 1.77 bits per heavy atom. The fraction of sp³-hybridized carbons (Fsp3) is 0.909. The molecular formula is C11H23F3IN5O4S2. The smallest absolute Gasteiger partial charge is 0.357 e. The van der Waals surface area contributed by atoms with Gasteiger partial charge in [-0.2, -0.15) is 17.5 Å². The molecule has 0 bridgehead atoms. The zero-order valence-corrected chi connectivity index (χ0v) is 18.0. The molecule has 0 atom stereocenters. The highest BCUT2D eigenvalue weighted by Crippen LogP contribution is 2.28. The van der Waals surface area contributed by atoms with E-state index in [0.717, 1.165) is 0 Å². The van der Waals surface area contributed by atoms with Gasteiger partial charge in [0.1, 0.15) is 0 Å². The summed E-state index contributed by atoms with van der Waals surface area (Å²) in [4.78, 5) is 4.02. The minimum Gasteiger partial charge on any atom is -0.357 e. The van der Waals surface area contributed by atoms with Crippen molar-refractivity contribution in [2.45, 2.75) is 31.3 Å². The minimum atomic E-state index is -5.31. The highest BCUT2D eigenvalue weighted by atomic mass is 127. The van der Waals surface area contributed by atoms with Crippen LogP contribution in [-0.4, -0.2) is 70.6 Å². The molecule has 0 spiro atoms. The first-order chi connectivity index (χ1) is 11.4. The molecule has 0 aromatic rings. The molecule has 15 heteroatoms. The maximum atomic E-state index is 12.5. The predicted octanol–water partition coefficient (Wildman–Crippen LogP) is -0.238. The maximum absolute atomic E-state index is 12.5. The lowest BCUT2D eigenvalue weighted by Gasteiger charge is -2.32. The van der Waals surface area contributed by atoms with E-state index in [1.807, 2.05) is 0 Å². The third kappa shape index (κ3) is 8.10. The first-order valence-corrected chi connectivity index (χ1v) is 10.6. The van der Waals surface area contributed by atoms with Crippen molar-refractivity contribution in [2.75, 3.05) is 31.9 Å². The Balaban J connectivity index is 0.00000625. The van der Waals surface area contributed by atoms with E-state index in [1.54, 1.807) is 6.92 Å². The summed E-state index contributed by atoms with van der Waals surface area (Å²) in [6, 6.07) is -0.285. The number of alkyl halides is 3. The maximum Gasteiger partial charge on any atom is 0.511 e. The lowest BCUT2D eigenvalue weighted by atomic mass is 10.1. The van der Waals surface area contributed by atoms with Gasteiger partial charge in [0, 0.05) is 25.7 Å². The Bertz CT molecular complexity index is 676. The fourth-order valence-corrected chi connectivity index (χ4v) is 3.52. The second-order valence-electron chi connectivity index (χ2n) is 5.40. The summed E-state index contributed by atoms with van der Waals surface area (Å²) < 4.78 is 82.5. The molecule has 0 aliphatic carbocycles. The van der Waals surface area contributed by atoms with Gasteiger partial charge in [-0.3, -0.25) is 4.99 Å². The van der Waals surface area contributed by atoms with Gasteiger partial charge in [0.25, 0.3) is 0 Å². The summed E-state index contributed by atoms with van der Waals surface area (Å²) in [6.07, 6.45) is 0.323. The number of nitrogens with two attached hydrogens (primary N) is 1.